The molecule has 0 saturated heterocycles. The van der Waals surface area contributed by atoms with Gasteiger partial charge in [0.25, 0.3) is 5.91 Å². The molecule has 2 N–H and O–H groups in total. The van der Waals surface area contributed by atoms with E-state index in [1.54, 1.807) is 36.4 Å². The lowest BCUT2D eigenvalue weighted by Crippen LogP contribution is -2.25. The van der Waals surface area contributed by atoms with Crippen LogP contribution < -0.4 is 15.4 Å². The Labute approximate surface area is 134 Å². The minimum atomic E-state index is -0.401. The van der Waals surface area contributed by atoms with Crippen molar-refractivity contribution in [3.05, 3.63) is 59.9 Å². The lowest BCUT2D eigenvalue weighted by molar-refractivity contribution is 0.0959. The van der Waals surface area contributed by atoms with Gasteiger partial charge in [0.05, 0.1) is 12.1 Å². The van der Waals surface area contributed by atoms with E-state index in [4.69, 9.17) is 11.2 Å². The van der Waals surface area contributed by atoms with Gasteiger partial charge in [-0.3, -0.25) is 4.79 Å². The number of terminal acetylenes is 1. The maximum atomic E-state index is 13.4. The fourth-order valence-corrected chi connectivity index (χ4v) is 1.97. The van der Waals surface area contributed by atoms with Crippen molar-refractivity contribution < 1.29 is 13.9 Å². The number of carbonyl (C=O) groups is 1. The minimum absolute atomic E-state index is 0.170. The van der Waals surface area contributed by atoms with Crippen LogP contribution in [0.2, 0.25) is 0 Å². The first kappa shape index (κ1) is 16.4. The van der Waals surface area contributed by atoms with E-state index in [0.29, 0.717) is 17.8 Å². The summed E-state index contributed by atoms with van der Waals surface area (Å²) in [6.07, 6.45) is 5.13. The van der Waals surface area contributed by atoms with Crippen LogP contribution in [0.5, 0.6) is 5.75 Å². The largest absolute Gasteiger partial charge is 0.489 e. The van der Waals surface area contributed by atoms with Crippen LogP contribution in [-0.4, -0.2) is 25.6 Å². The van der Waals surface area contributed by atoms with Crippen LogP contribution in [0, 0.1) is 18.2 Å². The maximum Gasteiger partial charge on any atom is 0.254 e. The van der Waals surface area contributed by atoms with Gasteiger partial charge in [0.15, 0.2) is 11.6 Å². The van der Waals surface area contributed by atoms with Crippen molar-refractivity contribution in [3.63, 3.8) is 0 Å². The van der Waals surface area contributed by atoms with Gasteiger partial charge in [-0.25, -0.2) is 4.39 Å². The van der Waals surface area contributed by atoms with Gasteiger partial charge < -0.3 is 15.4 Å². The Hall–Kier alpha value is -3.00. The van der Waals surface area contributed by atoms with Gasteiger partial charge in [-0.15, -0.1) is 6.42 Å². The number of carbonyl (C=O) groups excluding carboxylic acids is 1. The van der Waals surface area contributed by atoms with Crippen molar-refractivity contribution in [2.75, 3.05) is 25.0 Å². The lowest BCUT2D eigenvalue weighted by Gasteiger charge is -2.12. The third-order valence-electron chi connectivity index (χ3n) is 3.03. The molecule has 5 heteroatoms. The zero-order valence-electron chi connectivity index (χ0n) is 12.5. The third kappa shape index (κ3) is 4.75. The van der Waals surface area contributed by atoms with Crippen LogP contribution in [-0.2, 0) is 0 Å². The molecule has 2 aromatic rings. The smallest absolute Gasteiger partial charge is 0.254 e. The maximum absolute atomic E-state index is 13.4. The van der Waals surface area contributed by atoms with Gasteiger partial charge in [0.2, 0.25) is 0 Å². The van der Waals surface area contributed by atoms with E-state index in [1.807, 2.05) is 6.07 Å². The van der Waals surface area contributed by atoms with E-state index < -0.39 is 5.82 Å². The van der Waals surface area contributed by atoms with E-state index in [9.17, 15) is 9.18 Å². The van der Waals surface area contributed by atoms with E-state index >= 15 is 0 Å². The number of amides is 1. The number of ether oxygens (including phenoxy) is 1. The predicted octanol–water partition coefficient (Wildman–Crippen LogP) is 2.68. The van der Waals surface area contributed by atoms with Gasteiger partial charge in [-0.2, -0.15) is 0 Å². The number of hydrogen-bond donors (Lipinski definition) is 2. The van der Waals surface area contributed by atoms with Crippen LogP contribution in [0.1, 0.15) is 10.4 Å². The fraction of sp³-hybridized carbons (Fsp3) is 0.167. The molecule has 0 aliphatic heterocycles. The van der Waals surface area contributed by atoms with Crippen molar-refractivity contribution >= 4 is 11.6 Å². The molecule has 0 aliphatic rings. The first-order valence-electron chi connectivity index (χ1n) is 7.14. The molecule has 0 fully saturated rings. The third-order valence-corrected chi connectivity index (χ3v) is 3.03. The number of halogens is 1. The molecule has 0 aliphatic carbocycles. The lowest BCUT2D eigenvalue weighted by atomic mass is 10.1. The second-order valence-corrected chi connectivity index (χ2v) is 4.64. The van der Waals surface area contributed by atoms with Crippen molar-refractivity contribution in [2.24, 2.45) is 0 Å². The summed E-state index contributed by atoms with van der Waals surface area (Å²) in [5, 5.41) is 5.72. The highest BCUT2D eigenvalue weighted by Gasteiger charge is 2.09. The van der Waals surface area contributed by atoms with Gasteiger partial charge in [-0.1, -0.05) is 30.2 Å². The van der Waals surface area contributed by atoms with Crippen molar-refractivity contribution in [1.29, 1.82) is 0 Å². The summed E-state index contributed by atoms with van der Waals surface area (Å²) in [5.74, 6) is 1.91. The molecule has 4 nitrogen and oxygen atoms in total. The van der Waals surface area contributed by atoms with E-state index in [1.165, 1.54) is 6.07 Å². The molecule has 1 amide bonds. The summed E-state index contributed by atoms with van der Waals surface area (Å²) in [7, 11) is 0. The molecule has 0 heterocycles. The molecule has 2 aromatic carbocycles. The zero-order chi connectivity index (χ0) is 16.5. The summed E-state index contributed by atoms with van der Waals surface area (Å²) >= 11 is 0. The molecule has 2 rings (SSSR count). The molecule has 118 valence electrons. The number of para-hydroxylation sites is 2. The highest BCUT2D eigenvalue weighted by atomic mass is 19.1. The van der Waals surface area contributed by atoms with E-state index in [2.05, 4.69) is 16.6 Å². The second-order valence-electron chi connectivity index (χ2n) is 4.64. The van der Waals surface area contributed by atoms with Crippen LogP contribution in [0.3, 0.4) is 0 Å². The average molecular weight is 312 g/mol. The molecule has 0 aromatic heterocycles. The minimum Gasteiger partial charge on any atom is -0.489 e. The second kappa shape index (κ2) is 8.44. The summed E-state index contributed by atoms with van der Waals surface area (Å²) in [4.78, 5) is 12.0. The van der Waals surface area contributed by atoms with Gasteiger partial charge in [0, 0.05) is 12.2 Å². The number of rotatable bonds is 7. The molecule has 0 spiro atoms. The highest BCUT2D eigenvalue weighted by molar-refractivity contribution is 5.99. The molecule has 0 unspecified atom stereocenters. The Kier molecular flexibility index (Phi) is 6.01. The summed E-state index contributed by atoms with van der Waals surface area (Å²) in [6.45, 7) is 0.860. The molecule has 0 atom stereocenters. The Morgan fingerprint density at radius 2 is 1.91 bits per heavy atom. The molecular formula is C18H17FN2O2. The Bertz CT molecular complexity index is 710. The van der Waals surface area contributed by atoms with Crippen molar-refractivity contribution in [1.82, 2.24) is 5.32 Å². The van der Waals surface area contributed by atoms with E-state index in [-0.39, 0.29) is 24.8 Å². The Balaban J connectivity index is 1.90. The van der Waals surface area contributed by atoms with Gasteiger partial charge in [0.1, 0.15) is 6.61 Å². The predicted molar refractivity (Wildman–Crippen MR) is 88.0 cm³/mol. The normalized spacial score (nSPS) is 9.74. The average Bonchev–Trinajstić information content (AvgIpc) is 2.58. The van der Waals surface area contributed by atoms with Crippen molar-refractivity contribution in [3.8, 4) is 18.1 Å². The number of nitrogens with one attached hydrogen (secondary N) is 2. The van der Waals surface area contributed by atoms with Crippen molar-refractivity contribution in [2.45, 2.75) is 0 Å². The van der Waals surface area contributed by atoms with Crippen LogP contribution in [0.25, 0.3) is 0 Å². The van der Waals surface area contributed by atoms with Gasteiger partial charge in [-0.05, 0) is 24.3 Å². The van der Waals surface area contributed by atoms with Crippen LogP contribution in [0.4, 0.5) is 10.1 Å². The highest BCUT2D eigenvalue weighted by Crippen LogP contribution is 2.16. The summed E-state index contributed by atoms with van der Waals surface area (Å²) < 4.78 is 18.8. The SMILES string of the molecule is C#CCNC(=O)c1ccccc1NCCOc1ccccc1F. The van der Waals surface area contributed by atoms with Gasteiger partial charge >= 0.3 is 0 Å². The zero-order valence-corrected chi connectivity index (χ0v) is 12.5. The molecule has 0 saturated carbocycles. The molecular weight excluding hydrogens is 295 g/mol. The molecule has 0 bridgehead atoms. The number of hydrogen-bond acceptors (Lipinski definition) is 3. The first-order chi connectivity index (χ1) is 11.2. The van der Waals surface area contributed by atoms with Crippen LogP contribution >= 0.6 is 0 Å². The molecule has 23 heavy (non-hydrogen) atoms. The first-order valence-corrected chi connectivity index (χ1v) is 7.14. The molecule has 0 radical (unpaired) electrons. The number of benzene rings is 2. The standard InChI is InChI=1S/C18H17FN2O2/c1-2-11-21-18(22)14-7-3-5-9-16(14)20-12-13-23-17-10-6-4-8-15(17)19/h1,3-10,20H,11-13H2,(H,21,22). The summed E-state index contributed by atoms with van der Waals surface area (Å²) in [5.41, 5.74) is 1.16. The van der Waals surface area contributed by atoms with E-state index in [0.717, 1.165) is 0 Å². The number of anilines is 1. The topological polar surface area (TPSA) is 50.4 Å². The van der Waals surface area contributed by atoms with Crippen LogP contribution in [0.15, 0.2) is 48.5 Å². The summed E-state index contributed by atoms with van der Waals surface area (Å²) in [6, 6.07) is 13.3. The quantitative estimate of drug-likeness (QED) is 0.610. The monoisotopic (exact) mass is 312 g/mol. The Morgan fingerprint density at radius 1 is 1.17 bits per heavy atom. The fourth-order valence-electron chi connectivity index (χ4n) is 1.97. The Morgan fingerprint density at radius 3 is 2.70 bits per heavy atom.